The lowest BCUT2D eigenvalue weighted by Crippen LogP contribution is -2.57. The standard InChI is InChI=1S/C19H32N4O/c1-5-9-20-19(24)17-8-6-7-16(12-17)13-21-15(2)18-14-22(3)10-11-23(18)4/h6-8,12,15,18,21H,5,9-11,13-14H2,1-4H3,(H,20,24). The third-order valence-electron chi connectivity index (χ3n) is 4.83. The van der Waals surface area contributed by atoms with Gasteiger partial charge in [-0.1, -0.05) is 19.1 Å². The van der Waals surface area contributed by atoms with Crippen LogP contribution in [0.4, 0.5) is 0 Å². The molecule has 1 heterocycles. The summed E-state index contributed by atoms with van der Waals surface area (Å²) < 4.78 is 0. The Kier molecular flexibility index (Phi) is 7.21. The molecular weight excluding hydrogens is 300 g/mol. The van der Waals surface area contributed by atoms with Crippen molar-refractivity contribution in [3.8, 4) is 0 Å². The van der Waals surface area contributed by atoms with Crippen LogP contribution in [-0.2, 0) is 6.54 Å². The maximum absolute atomic E-state index is 12.1. The SMILES string of the molecule is CCCNC(=O)c1cccc(CNC(C)C2CN(C)CCN2C)c1. The summed E-state index contributed by atoms with van der Waals surface area (Å²) in [5.74, 6) is 0.0142. The first-order valence-corrected chi connectivity index (χ1v) is 9.00. The van der Waals surface area contributed by atoms with Crippen LogP contribution in [0, 0.1) is 0 Å². The summed E-state index contributed by atoms with van der Waals surface area (Å²) in [5, 5.41) is 6.56. The highest BCUT2D eigenvalue weighted by Crippen LogP contribution is 2.11. The summed E-state index contributed by atoms with van der Waals surface area (Å²) in [6.45, 7) is 9.14. The quantitative estimate of drug-likeness (QED) is 0.795. The van der Waals surface area contributed by atoms with Gasteiger partial charge < -0.3 is 15.5 Å². The van der Waals surface area contributed by atoms with Crippen LogP contribution in [-0.4, -0.2) is 68.1 Å². The van der Waals surface area contributed by atoms with Crippen molar-refractivity contribution in [1.29, 1.82) is 0 Å². The summed E-state index contributed by atoms with van der Waals surface area (Å²) >= 11 is 0. The molecule has 0 bridgehead atoms. The first-order chi connectivity index (χ1) is 11.5. The Morgan fingerprint density at radius 3 is 2.88 bits per heavy atom. The van der Waals surface area contributed by atoms with E-state index in [1.54, 1.807) is 0 Å². The van der Waals surface area contributed by atoms with Gasteiger partial charge in [-0.3, -0.25) is 9.69 Å². The van der Waals surface area contributed by atoms with Crippen LogP contribution in [0.25, 0.3) is 0 Å². The lowest BCUT2D eigenvalue weighted by molar-refractivity contribution is 0.0916. The zero-order valence-electron chi connectivity index (χ0n) is 15.5. The molecule has 2 atom stereocenters. The molecular formula is C19H32N4O. The van der Waals surface area contributed by atoms with Gasteiger partial charge in [0.15, 0.2) is 0 Å². The summed E-state index contributed by atoms with van der Waals surface area (Å²) in [5.41, 5.74) is 1.89. The van der Waals surface area contributed by atoms with Gasteiger partial charge in [-0.15, -0.1) is 0 Å². The minimum atomic E-state index is 0.0142. The van der Waals surface area contributed by atoms with Crippen molar-refractivity contribution in [2.75, 3.05) is 40.3 Å². The maximum atomic E-state index is 12.1. The van der Waals surface area contributed by atoms with Gasteiger partial charge in [0.2, 0.25) is 0 Å². The van der Waals surface area contributed by atoms with Crippen molar-refractivity contribution in [2.45, 2.75) is 38.9 Å². The molecule has 134 valence electrons. The van der Waals surface area contributed by atoms with E-state index >= 15 is 0 Å². The van der Waals surface area contributed by atoms with Gasteiger partial charge in [0, 0.05) is 50.4 Å². The minimum Gasteiger partial charge on any atom is -0.352 e. The number of rotatable bonds is 7. The van der Waals surface area contributed by atoms with E-state index in [9.17, 15) is 4.79 Å². The normalized spacial score (nSPS) is 20.8. The maximum Gasteiger partial charge on any atom is 0.251 e. The van der Waals surface area contributed by atoms with E-state index in [2.05, 4.69) is 54.4 Å². The first kappa shape index (κ1) is 18.9. The molecule has 0 saturated carbocycles. The second kappa shape index (κ2) is 9.16. The Bertz CT molecular complexity index is 534. The number of nitrogens with zero attached hydrogens (tertiary/aromatic N) is 2. The first-order valence-electron chi connectivity index (χ1n) is 9.00. The van der Waals surface area contributed by atoms with Gasteiger partial charge in [-0.25, -0.2) is 0 Å². The molecule has 1 aromatic rings. The zero-order valence-corrected chi connectivity index (χ0v) is 15.5. The van der Waals surface area contributed by atoms with Crippen LogP contribution in [0.2, 0.25) is 0 Å². The lowest BCUT2D eigenvalue weighted by Gasteiger charge is -2.41. The number of likely N-dealkylation sites (N-methyl/N-ethyl adjacent to an activating group) is 2. The van der Waals surface area contributed by atoms with Gasteiger partial charge in [0.1, 0.15) is 0 Å². The van der Waals surface area contributed by atoms with Gasteiger partial charge in [-0.05, 0) is 45.1 Å². The zero-order chi connectivity index (χ0) is 17.5. The van der Waals surface area contributed by atoms with E-state index in [0.29, 0.717) is 12.1 Å². The van der Waals surface area contributed by atoms with Crippen LogP contribution in [0.15, 0.2) is 24.3 Å². The molecule has 2 unspecified atom stereocenters. The number of hydrogen-bond donors (Lipinski definition) is 2. The number of piperazine rings is 1. The van der Waals surface area contributed by atoms with Gasteiger partial charge in [-0.2, -0.15) is 0 Å². The summed E-state index contributed by atoms with van der Waals surface area (Å²) in [7, 11) is 4.39. The summed E-state index contributed by atoms with van der Waals surface area (Å²) in [6.07, 6.45) is 0.952. The molecule has 5 heteroatoms. The molecule has 1 aliphatic heterocycles. The Morgan fingerprint density at radius 1 is 1.33 bits per heavy atom. The van der Waals surface area contributed by atoms with Crippen molar-refractivity contribution in [3.63, 3.8) is 0 Å². The topological polar surface area (TPSA) is 47.6 Å². The monoisotopic (exact) mass is 332 g/mol. The van der Waals surface area contributed by atoms with E-state index in [1.807, 2.05) is 18.2 Å². The van der Waals surface area contributed by atoms with Crippen LogP contribution in [0.3, 0.4) is 0 Å². The molecule has 1 saturated heterocycles. The third-order valence-corrected chi connectivity index (χ3v) is 4.83. The van der Waals surface area contributed by atoms with Gasteiger partial charge in [0.05, 0.1) is 0 Å². The van der Waals surface area contributed by atoms with Crippen molar-refractivity contribution in [3.05, 3.63) is 35.4 Å². The number of benzene rings is 1. The predicted molar refractivity (Wildman–Crippen MR) is 99.3 cm³/mol. The highest BCUT2D eigenvalue weighted by atomic mass is 16.1. The molecule has 0 spiro atoms. The second-order valence-electron chi connectivity index (χ2n) is 6.94. The van der Waals surface area contributed by atoms with E-state index < -0.39 is 0 Å². The van der Waals surface area contributed by atoms with Crippen molar-refractivity contribution in [1.82, 2.24) is 20.4 Å². The number of hydrogen-bond acceptors (Lipinski definition) is 4. The molecule has 24 heavy (non-hydrogen) atoms. The van der Waals surface area contributed by atoms with E-state index in [0.717, 1.165) is 50.3 Å². The molecule has 0 radical (unpaired) electrons. The largest absolute Gasteiger partial charge is 0.352 e. The predicted octanol–water partition coefficient (Wildman–Crippen LogP) is 1.55. The number of amides is 1. The number of carbonyl (C=O) groups excluding carboxylic acids is 1. The molecule has 0 aliphatic carbocycles. The van der Waals surface area contributed by atoms with Crippen molar-refractivity contribution >= 4 is 5.91 Å². The van der Waals surface area contributed by atoms with Gasteiger partial charge >= 0.3 is 0 Å². The second-order valence-corrected chi connectivity index (χ2v) is 6.94. The fourth-order valence-electron chi connectivity index (χ4n) is 3.16. The number of carbonyl (C=O) groups is 1. The van der Waals surface area contributed by atoms with Crippen LogP contribution in [0.1, 0.15) is 36.2 Å². The average molecular weight is 332 g/mol. The third kappa shape index (κ3) is 5.30. The highest BCUT2D eigenvalue weighted by Gasteiger charge is 2.26. The number of nitrogens with one attached hydrogen (secondary N) is 2. The average Bonchev–Trinajstić information content (AvgIpc) is 2.59. The fourth-order valence-corrected chi connectivity index (χ4v) is 3.16. The van der Waals surface area contributed by atoms with Crippen LogP contribution in [0.5, 0.6) is 0 Å². The molecule has 2 rings (SSSR count). The molecule has 2 N–H and O–H groups in total. The Labute approximate surface area is 146 Å². The molecule has 1 aliphatic rings. The van der Waals surface area contributed by atoms with E-state index in [1.165, 1.54) is 0 Å². The lowest BCUT2D eigenvalue weighted by atomic mass is 10.0. The fraction of sp³-hybridized carbons (Fsp3) is 0.632. The van der Waals surface area contributed by atoms with E-state index in [-0.39, 0.29) is 5.91 Å². The Morgan fingerprint density at radius 2 is 2.12 bits per heavy atom. The van der Waals surface area contributed by atoms with Gasteiger partial charge in [0.25, 0.3) is 5.91 Å². The van der Waals surface area contributed by atoms with Crippen LogP contribution < -0.4 is 10.6 Å². The molecule has 5 nitrogen and oxygen atoms in total. The smallest absolute Gasteiger partial charge is 0.251 e. The van der Waals surface area contributed by atoms with Crippen LogP contribution >= 0.6 is 0 Å². The Balaban J connectivity index is 1.90. The Hall–Kier alpha value is -1.43. The van der Waals surface area contributed by atoms with E-state index in [4.69, 9.17) is 0 Å². The van der Waals surface area contributed by atoms with Crippen molar-refractivity contribution < 1.29 is 4.79 Å². The molecule has 1 aromatic carbocycles. The minimum absolute atomic E-state index is 0.0142. The molecule has 1 fully saturated rings. The summed E-state index contributed by atoms with van der Waals surface area (Å²) in [4.78, 5) is 16.9. The molecule has 1 amide bonds. The summed E-state index contributed by atoms with van der Waals surface area (Å²) in [6, 6.07) is 8.81. The van der Waals surface area contributed by atoms with Crippen molar-refractivity contribution in [2.24, 2.45) is 0 Å². The molecule has 0 aromatic heterocycles. The highest BCUT2D eigenvalue weighted by molar-refractivity contribution is 5.94.